The summed E-state index contributed by atoms with van der Waals surface area (Å²) in [5.74, 6) is 0.454. The highest BCUT2D eigenvalue weighted by Crippen LogP contribution is 2.38. The zero-order chi connectivity index (χ0) is 23.8. The number of aromatic nitrogens is 1. The van der Waals surface area contributed by atoms with Crippen molar-refractivity contribution < 1.29 is 19.1 Å². The van der Waals surface area contributed by atoms with E-state index in [1.807, 2.05) is 45.0 Å². The van der Waals surface area contributed by atoms with Crippen molar-refractivity contribution in [1.82, 2.24) is 10.3 Å². The average molecular weight is 473 g/mol. The van der Waals surface area contributed by atoms with Gasteiger partial charge >= 0.3 is 6.09 Å². The van der Waals surface area contributed by atoms with Gasteiger partial charge in [-0.3, -0.25) is 4.79 Å². The van der Waals surface area contributed by atoms with Gasteiger partial charge in [0.1, 0.15) is 16.5 Å². The number of piperidine rings is 1. The Morgan fingerprint density at radius 3 is 2.88 bits per heavy atom. The molecule has 9 heteroatoms. The molecule has 1 fully saturated rings. The van der Waals surface area contributed by atoms with E-state index in [0.29, 0.717) is 23.1 Å². The number of amides is 2. The Balaban J connectivity index is 1.58. The summed E-state index contributed by atoms with van der Waals surface area (Å²) in [5.41, 5.74) is 2.76. The van der Waals surface area contributed by atoms with Crippen molar-refractivity contribution in [2.75, 3.05) is 23.3 Å². The van der Waals surface area contributed by atoms with E-state index >= 15 is 0 Å². The standard InChI is InChI=1S/C24H29ClN4O4/c1-14-22(30)28-18-10-15(7-8-20(18)32-14)17-12-26-21(25)11-19(17)29-9-5-6-16(13-29)27-23(31)33-24(2,3)4/h7-8,10-12,14,16H,5-6,9,13H2,1-4H3,(H,27,31)(H,28,30)/t14?,16-/m0/s1. The van der Waals surface area contributed by atoms with Crippen LogP contribution < -0.4 is 20.3 Å². The molecule has 8 nitrogen and oxygen atoms in total. The second-order valence-electron chi connectivity index (χ2n) is 9.42. The molecule has 0 aliphatic carbocycles. The molecule has 4 rings (SSSR count). The summed E-state index contributed by atoms with van der Waals surface area (Å²) in [6.07, 6.45) is 2.56. The number of pyridine rings is 1. The van der Waals surface area contributed by atoms with Gasteiger partial charge in [0.05, 0.1) is 5.69 Å². The van der Waals surface area contributed by atoms with Crippen molar-refractivity contribution >= 4 is 35.0 Å². The zero-order valence-corrected chi connectivity index (χ0v) is 20.0. The van der Waals surface area contributed by atoms with Crippen LogP contribution in [0.3, 0.4) is 0 Å². The van der Waals surface area contributed by atoms with Crippen molar-refractivity contribution in [2.24, 2.45) is 0 Å². The number of rotatable bonds is 3. The minimum absolute atomic E-state index is 0.0499. The lowest BCUT2D eigenvalue weighted by atomic mass is 10.00. The van der Waals surface area contributed by atoms with E-state index in [0.717, 1.165) is 36.2 Å². The lowest BCUT2D eigenvalue weighted by molar-refractivity contribution is -0.122. The third-order valence-electron chi connectivity index (χ3n) is 5.55. The van der Waals surface area contributed by atoms with Gasteiger partial charge < -0.3 is 25.0 Å². The Kier molecular flexibility index (Phi) is 6.38. The van der Waals surface area contributed by atoms with Crippen LogP contribution in [0.25, 0.3) is 11.1 Å². The molecule has 0 spiro atoms. The topological polar surface area (TPSA) is 92.8 Å². The van der Waals surface area contributed by atoms with E-state index in [-0.39, 0.29) is 11.9 Å². The summed E-state index contributed by atoms with van der Waals surface area (Å²) in [6, 6.07) is 7.46. The largest absolute Gasteiger partial charge is 0.479 e. The lowest BCUT2D eigenvalue weighted by Gasteiger charge is -2.36. The fourth-order valence-electron chi connectivity index (χ4n) is 4.07. The molecule has 2 aliphatic rings. The molecule has 0 radical (unpaired) electrons. The van der Waals surface area contributed by atoms with Gasteiger partial charge in [-0.1, -0.05) is 17.7 Å². The molecule has 176 valence electrons. The van der Waals surface area contributed by atoms with Crippen LogP contribution in [0.5, 0.6) is 5.75 Å². The van der Waals surface area contributed by atoms with Crippen LogP contribution in [0.2, 0.25) is 5.15 Å². The number of carbonyl (C=O) groups excluding carboxylic acids is 2. The minimum atomic E-state index is -0.548. The Labute approximate surface area is 198 Å². The molecular weight excluding hydrogens is 444 g/mol. The third-order valence-corrected chi connectivity index (χ3v) is 5.76. The Hall–Kier alpha value is -3.00. The van der Waals surface area contributed by atoms with Crippen molar-refractivity contribution in [3.63, 3.8) is 0 Å². The highest BCUT2D eigenvalue weighted by molar-refractivity contribution is 6.29. The first-order valence-corrected chi connectivity index (χ1v) is 11.5. The predicted octanol–water partition coefficient (Wildman–Crippen LogP) is 4.61. The molecule has 0 saturated carbocycles. The van der Waals surface area contributed by atoms with Crippen LogP contribution in [0.1, 0.15) is 40.5 Å². The van der Waals surface area contributed by atoms with Gasteiger partial charge in [-0.05, 0) is 64.3 Å². The van der Waals surface area contributed by atoms with Gasteiger partial charge in [0.15, 0.2) is 6.10 Å². The Bertz CT molecular complexity index is 1070. The monoisotopic (exact) mass is 472 g/mol. The predicted molar refractivity (Wildman–Crippen MR) is 128 cm³/mol. The van der Waals surface area contributed by atoms with Gasteiger partial charge in [0.2, 0.25) is 0 Å². The Morgan fingerprint density at radius 1 is 1.33 bits per heavy atom. The molecule has 1 saturated heterocycles. The first-order valence-electron chi connectivity index (χ1n) is 11.1. The maximum absolute atomic E-state index is 12.3. The van der Waals surface area contributed by atoms with Gasteiger partial charge in [-0.15, -0.1) is 0 Å². The van der Waals surface area contributed by atoms with Crippen molar-refractivity contribution in [1.29, 1.82) is 0 Å². The van der Waals surface area contributed by atoms with Crippen molar-refractivity contribution in [2.45, 2.75) is 58.3 Å². The first-order chi connectivity index (χ1) is 15.6. The van der Waals surface area contributed by atoms with Gasteiger partial charge in [-0.25, -0.2) is 9.78 Å². The van der Waals surface area contributed by atoms with Crippen LogP contribution >= 0.6 is 11.6 Å². The molecule has 33 heavy (non-hydrogen) atoms. The van der Waals surface area contributed by atoms with E-state index < -0.39 is 17.8 Å². The summed E-state index contributed by atoms with van der Waals surface area (Å²) in [6.45, 7) is 8.69. The van der Waals surface area contributed by atoms with E-state index in [1.54, 1.807) is 13.1 Å². The van der Waals surface area contributed by atoms with Gasteiger partial charge in [0.25, 0.3) is 5.91 Å². The molecule has 2 amide bonds. The summed E-state index contributed by atoms with van der Waals surface area (Å²) < 4.78 is 11.1. The average Bonchev–Trinajstić information content (AvgIpc) is 2.73. The summed E-state index contributed by atoms with van der Waals surface area (Å²) in [4.78, 5) is 30.8. The van der Waals surface area contributed by atoms with Crippen LogP contribution in [-0.4, -0.2) is 47.8 Å². The highest BCUT2D eigenvalue weighted by Gasteiger charge is 2.27. The molecule has 2 aliphatic heterocycles. The minimum Gasteiger partial charge on any atom is -0.479 e. The third kappa shape index (κ3) is 5.50. The van der Waals surface area contributed by atoms with Crippen LogP contribution in [0.15, 0.2) is 30.5 Å². The van der Waals surface area contributed by atoms with E-state index in [9.17, 15) is 9.59 Å². The molecule has 2 aromatic rings. The number of fused-ring (bicyclic) bond motifs is 1. The molecule has 1 aromatic heterocycles. The summed E-state index contributed by atoms with van der Waals surface area (Å²) in [7, 11) is 0. The molecule has 2 N–H and O–H groups in total. The normalized spacial score (nSPS) is 20.4. The first kappa shape index (κ1) is 23.2. The fraction of sp³-hybridized carbons (Fsp3) is 0.458. The van der Waals surface area contributed by atoms with E-state index in [4.69, 9.17) is 21.1 Å². The zero-order valence-electron chi connectivity index (χ0n) is 19.3. The van der Waals surface area contributed by atoms with E-state index in [1.165, 1.54) is 0 Å². The number of nitrogens with one attached hydrogen (secondary N) is 2. The molecule has 3 heterocycles. The maximum atomic E-state index is 12.3. The second-order valence-corrected chi connectivity index (χ2v) is 9.80. The van der Waals surface area contributed by atoms with E-state index in [2.05, 4.69) is 20.5 Å². The second kappa shape index (κ2) is 9.09. The number of halogens is 1. The SMILES string of the molecule is CC1Oc2ccc(-c3cnc(Cl)cc3N3CCC[C@H](NC(=O)OC(C)(C)C)C3)cc2NC1=O. The van der Waals surface area contributed by atoms with Crippen LogP contribution in [-0.2, 0) is 9.53 Å². The number of benzene rings is 1. The number of nitrogens with zero attached hydrogens (tertiary/aromatic N) is 2. The highest BCUT2D eigenvalue weighted by atomic mass is 35.5. The number of ether oxygens (including phenoxy) is 2. The lowest BCUT2D eigenvalue weighted by Crippen LogP contribution is -2.49. The quantitative estimate of drug-likeness (QED) is 0.633. The smallest absolute Gasteiger partial charge is 0.407 e. The van der Waals surface area contributed by atoms with Gasteiger partial charge in [0, 0.05) is 36.6 Å². The number of anilines is 2. The molecule has 0 bridgehead atoms. The molecule has 1 aromatic carbocycles. The molecular formula is C24H29ClN4O4. The molecule has 2 atom stereocenters. The fourth-order valence-corrected chi connectivity index (χ4v) is 4.22. The number of alkyl carbamates (subject to hydrolysis) is 1. The van der Waals surface area contributed by atoms with Crippen LogP contribution in [0.4, 0.5) is 16.2 Å². The van der Waals surface area contributed by atoms with Gasteiger partial charge in [-0.2, -0.15) is 0 Å². The molecule has 1 unspecified atom stereocenters. The summed E-state index contributed by atoms with van der Waals surface area (Å²) in [5, 5.41) is 6.26. The number of carbonyl (C=O) groups is 2. The van der Waals surface area contributed by atoms with Crippen LogP contribution in [0, 0.1) is 0 Å². The summed E-state index contributed by atoms with van der Waals surface area (Å²) >= 11 is 6.26. The van der Waals surface area contributed by atoms with Crippen molar-refractivity contribution in [3.8, 4) is 16.9 Å². The van der Waals surface area contributed by atoms with Crippen molar-refractivity contribution in [3.05, 3.63) is 35.6 Å². The maximum Gasteiger partial charge on any atom is 0.407 e. The number of hydrogen-bond donors (Lipinski definition) is 2. The Morgan fingerprint density at radius 2 is 2.12 bits per heavy atom. The number of hydrogen-bond acceptors (Lipinski definition) is 6.